The third-order valence-electron chi connectivity index (χ3n) is 6.32. The molecule has 3 aromatic rings. The minimum Gasteiger partial charge on any atom is -0.496 e. The van der Waals surface area contributed by atoms with E-state index in [-0.39, 0.29) is 5.91 Å². The monoisotopic (exact) mass is 403 g/mol. The SMILES string of the molecule is COc1cc(C)ccc1C(=O)N1CCC2(CC1)Oc1ccccc1-c1c2cnn1C. The van der Waals surface area contributed by atoms with Crippen molar-refractivity contribution in [3.05, 3.63) is 65.4 Å². The molecule has 154 valence electrons. The van der Waals surface area contributed by atoms with E-state index in [1.807, 2.05) is 66.1 Å². The molecule has 0 N–H and O–H groups in total. The van der Waals surface area contributed by atoms with Gasteiger partial charge >= 0.3 is 0 Å². The van der Waals surface area contributed by atoms with E-state index in [1.54, 1.807) is 7.11 Å². The quantitative estimate of drug-likeness (QED) is 0.651. The zero-order valence-corrected chi connectivity index (χ0v) is 17.5. The number of hydrogen-bond acceptors (Lipinski definition) is 4. The molecule has 6 heteroatoms. The average Bonchev–Trinajstić information content (AvgIpc) is 3.17. The van der Waals surface area contributed by atoms with E-state index in [0.717, 1.165) is 41.0 Å². The molecule has 0 bridgehead atoms. The Kier molecular flexibility index (Phi) is 4.31. The molecule has 6 nitrogen and oxygen atoms in total. The van der Waals surface area contributed by atoms with Crippen LogP contribution in [-0.2, 0) is 12.6 Å². The zero-order chi connectivity index (χ0) is 20.9. The number of likely N-dealkylation sites (tertiary alicyclic amines) is 1. The van der Waals surface area contributed by atoms with Gasteiger partial charge in [-0.2, -0.15) is 5.10 Å². The molecule has 3 heterocycles. The highest BCUT2D eigenvalue weighted by Gasteiger charge is 2.46. The minimum absolute atomic E-state index is 0.00400. The zero-order valence-electron chi connectivity index (χ0n) is 17.5. The summed E-state index contributed by atoms with van der Waals surface area (Å²) in [4.78, 5) is 15.1. The van der Waals surface area contributed by atoms with Crippen molar-refractivity contribution in [3.8, 4) is 22.8 Å². The molecule has 1 aromatic heterocycles. The van der Waals surface area contributed by atoms with Crippen LogP contribution in [0.3, 0.4) is 0 Å². The first kappa shape index (κ1) is 18.7. The first-order valence-corrected chi connectivity index (χ1v) is 10.3. The molecule has 2 aromatic carbocycles. The van der Waals surface area contributed by atoms with E-state index in [9.17, 15) is 4.79 Å². The van der Waals surface area contributed by atoms with Gasteiger partial charge in [0.2, 0.25) is 0 Å². The van der Waals surface area contributed by atoms with Gasteiger partial charge in [-0.25, -0.2) is 0 Å². The van der Waals surface area contributed by atoms with Crippen LogP contribution in [0.1, 0.15) is 34.3 Å². The highest BCUT2D eigenvalue weighted by Crippen LogP contribution is 2.49. The van der Waals surface area contributed by atoms with E-state index in [1.165, 1.54) is 0 Å². The number of aryl methyl sites for hydroxylation is 2. The van der Waals surface area contributed by atoms with Gasteiger partial charge in [-0.15, -0.1) is 0 Å². The van der Waals surface area contributed by atoms with Crippen molar-refractivity contribution in [2.24, 2.45) is 7.05 Å². The second-order valence-electron chi connectivity index (χ2n) is 8.12. The number of nitrogens with zero attached hydrogens (tertiary/aromatic N) is 3. The molecule has 1 spiro atoms. The number of aromatic nitrogens is 2. The van der Waals surface area contributed by atoms with E-state index in [4.69, 9.17) is 9.47 Å². The Morgan fingerprint density at radius 3 is 2.70 bits per heavy atom. The van der Waals surface area contributed by atoms with E-state index >= 15 is 0 Å². The second kappa shape index (κ2) is 6.90. The van der Waals surface area contributed by atoms with Crippen molar-refractivity contribution >= 4 is 5.91 Å². The van der Waals surface area contributed by atoms with Crippen LogP contribution < -0.4 is 9.47 Å². The van der Waals surface area contributed by atoms with Crippen LogP contribution in [0.2, 0.25) is 0 Å². The Hall–Kier alpha value is -3.28. The topological polar surface area (TPSA) is 56.6 Å². The summed E-state index contributed by atoms with van der Waals surface area (Å²) in [6.45, 7) is 3.23. The predicted molar refractivity (Wildman–Crippen MR) is 114 cm³/mol. The summed E-state index contributed by atoms with van der Waals surface area (Å²) < 4.78 is 14.0. The lowest BCUT2D eigenvalue weighted by Crippen LogP contribution is -2.49. The van der Waals surface area contributed by atoms with Gasteiger partial charge in [-0.05, 0) is 36.8 Å². The summed E-state index contributed by atoms with van der Waals surface area (Å²) in [6.07, 6.45) is 3.37. The molecule has 1 saturated heterocycles. The Labute approximate surface area is 176 Å². The molecular weight excluding hydrogens is 378 g/mol. The van der Waals surface area contributed by atoms with Gasteiger partial charge in [-0.1, -0.05) is 18.2 Å². The first-order chi connectivity index (χ1) is 14.5. The number of amides is 1. The average molecular weight is 403 g/mol. The lowest BCUT2D eigenvalue weighted by molar-refractivity contribution is -0.00179. The van der Waals surface area contributed by atoms with Crippen LogP contribution in [0, 0.1) is 6.92 Å². The maximum absolute atomic E-state index is 13.2. The fourth-order valence-electron chi connectivity index (χ4n) is 4.69. The van der Waals surface area contributed by atoms with E-state index in [2.05, 4.69) is 11.2 Å². The van der Waals surface area contributed by atoms with Gasteiger partial charge < -0.3 is 14.4 Å². The summed E-state index contributed by atoms with van der Waals surface area (Å²) in [6, 6.07) is 13.8. The number of rotatable bonds is 2. The van der Waals surface area contributed by atoms with E-state index < -0.39 is 5.60 Å². The maximum atomic E-state index is 13.2. The van der Waals surface area contributed by atoms with Crippen molar-refractivity contribution in [2.75, 3.05) is 20.2 Å². The number of hydrogen-bond donors (Lipinski definition) is 0. The van der Waals surface area contributed by atoms with E-state index in [0.29, 0.717) is 24.4 Å². The Bertz CT molecular complexity index is 1130. The molecule has 0 aliphatic carbocycles. The number of carbonyl (C=O) groups excluding carboxylic acids is 1. The fraction of sp³-hybridized carbons (Fsp3) is 0.333. The third-order valence-corrected chi connectivity index (χ3v) is 6.32. The molecule has 1 amide bonds. The Balaban J connectivity index is 1.43. The number of carbonyl (C=O) groups is 1. The van der Waals surface area contributed by atoms with Gasteiger partial charge in [0, 0.05) is 44.1 Å². The van der Waals surface area contributed by atoms with Crippen LogP contribution in [-0.4, -0.2) is 40.8 Å². The Morgan fingerprint density at radius 1 is 1.17 bits per heavy atom. The molecule has 0 atom stereocenters. The second-order valence-corrected chi connectivity index (χ2v) is 8.12. The largest absolute Gasteiger partial charge is 0.496 e. The number of fused-ring (bicyclic) bond motifs is 4. The van der Waals surface area contributed by atoms with Gasteiger partial charge in [0.05, 0.1) is 24.6 Å². The van der Waals surface area contributed by atoms with Crippen molar-refractivity contribution in [1.82, 2.24) is 14.7 Å². The normalized spacial score (nSPS) is 16.6. The number of benzene rings is 2. The number of para-hydroxylation sites is 1. The number of methoxy groups -OCH3 is 1. The molecule has 5 rings (SSSR count). The summed E-state index contributed by atoms with van der Waals surface area (Å²) in [5, 5.41) is 4.52. The summed E-state index contributed by atoms with van der Waals surface area (Å²) in [5.74, 6) is 1.51. The maximum Gasteiger partial charge on any atom is 0.257 e. The van der Waals surface area contributed by atoms with Gasteiger partial charge in [0.1, 0.15) is 17.1 Å². The van der Waals surface area contributed by atoms with Gasteiger partial charge in [0.15, 0.2) is 0 Å². The first-order valence-electron chi connectivity index (χ1n) is 10.3. The lowest BCUT2D eigenvalue weighted by atomic mass is 9.81. The molecule has 2 aliphatic heterocycles. The van der Waals surface area contributed by atoms with Gasteiger partial charge in [-0.3, -0.25) is 9.48 Å². The van der Waals surface area contributed by atoms with Gasteiger partial charge in [0.25, 0.3) is 5.91 Å². The summed E-state index contributed by atoms with van der Waals surface area (Å²) in [5.41, 5.74) is 4.52. The molecule has 0 unspecified atom stereocenters. The molecule has 2 aliphatic rings. The molecule has 30 heavy (non-hydrogen) atoms. The van der Waals surface area contributed by atoms with Crippen molar-refractivity contribution in [1.29, 1.82) is 0 Å². The standard InChI is InChI=1S/C24H25N3O3/c1-16-8-9-18(21(14-16)29-3)23(28)27-12-10-24(11-13-27)19-15-25-26(2)22(19)17-6-4-5-7-20(17)30-24/h4-9,14-15H,10-13H2,1-3H3. The Morgan fingerprint density at radius 2 is 1.93 bits per heavy atom. The van der Waals surface area contributed by atoms with Crippen molar-refractivity contribution in [2.45, 2.75) is 25.4 Å². The van der Waals surface area contributed by atoms with Crippen LogP contribution in [0.25, 0.3) is 11.3 Å². The highest BCUT2D eigenvalue weighted by molar-refractivity contribution is 5.97. The predicted octanol–water partition coefficient (Wildman–Crippen LogP) is 3.93. The number of piperidine rings is 1. The molecule has 0 saturated carbocycles. The number of ether oxygens (including phenoxy) is 2. The fourth-order valence-corrected chi connectivity index (χ4v) is 4.69. The van der Waals surface area contributed by atoms with Crippen LogP contribution in [0.4, 0.5) is 0 Å². The molecule has 1 fully saturated rings. The molecular formula is C24H25N3O3. The van der Waals surface area contributed by atoms with Crippen molar-refractivity contribution < 1.29 is 14.3 Å². The summed E-state index contributed by atoms with van der Waals surface area (Å²) >= 11 is 0. The summed E-state index contributed by atoms with van der Waals surface area (Å²) in [7, 11) is 3.57. The van der Waals surface area contributed by atoms with Crippen LogP contribution in [0.5, 0.6) is 11.5 Å². The van der Waals surface area contributed by atoms with Crippen LogP contribution in [0.15, 0.2) is 48.7 Å². The highest BCUT2D eigenvalue weighted by atomic mass is 16.5. The van der Waals surface area contributed by atoms with Crippen molar-refractivity contribution in [3.63, 3.8) is 0 Å². The third kappa shape index (κ3) is 2.78. The van der Waals surface area contributed by atoms with Crippen LogP contribution >= 0.6 is 0 Å². The smallest absolute Gasteiger partial charge is 0.257 e. The minimum atomic E-state index is -0.452. The molecule has 0 radical (unpaired) electrons. The lowest BCUT2D eigenvalue weighted by Gasteiger charge is -2.44.